The third kappa shape index (κ3) is 10.0. The predicted molar refractivity (Wildman–Crippen MR) is 156 cm³/mol. The molecule has 1 rings (SSSR count). The first-order valence-corrected chi connectivity index (χ1v) is 14.1. The van der Waals surface area contributed by atoms with Gasteiger partial charge >= 0.3 is 0 Å². The fourth-order valence-electron chi connectivity index (χ4n) is 2.92. The molecule has 0 saturated heterocycles. The summed E-state index contributed by atoms with van der Waals surface area (Å²) in [5, 5.41) is 42.4. The van der Waals surface area contributed by atoms with E-state index < -0.39 is 30.4 Å². The van der Waals surface area contributed by atoms with Crippen molar-refractivity contribution < 1.29 is 44.3 Å². The Morgan fingerprint density at radius 1 is 0.833 bits per heavy atom. The Bertz CT molecular complexity index is 852. The van der Waals surface area contributed by atoms with Crippen LogP contribution in [0.3, 0.4) is 0 Å². The molecule has 12 nitrogen and oxygen atoms in total. The summed E-state index contributed by atoms with van der Waals surface area (Å²) in [6.45, 7) is 1.06. The Balaban J connectivity index is 3.49. The van der Waals surface area contributed by atoms with Crippen LogP contribution in [0.5, 0.6) is 0 Å². The van der Waals surface area contributed by atoms with E-state index in [2.05, 4.69) is 10.6 Å². The van der Waals surface area contributed by atoms with E-state index in [1.807, 2.05) is 67.8 Å². The Hall–Kier alpha value is -0.420. The third-order valence-corrected chi connectivity index (χ3v) is 7.72. The van der Waals surface area contributed by atoms with Crippen LogP contribution < -0.4 is 15.5 Å². The number of anilines is 1. The van der Waals surface area contributed by atoms with Gasteiger partial charge in [0.15, 0.2) is 0 Å². The first-order chi connectivity index (χ1) is 17.1. The van der Waals surface area contributed by atoms with Crippen molar-refractivity contribution in [2.24, 2.45) is 0 Å². The van der Waals surface area contributed by atoms with Crippen LogP contribution in [0.1, 0.15) is 27.6 Å². The number of ether oxygens (including phenoxy) is 2. The van der Waals surface area contributed by atoms with E-state index in [9.17, 15) is 24.6 Å². The van der Waals surface area contributed by atoms with Crippen molar-refractivity contribution in [3.8, 4) is 0 Å². The molecule has 1 aromatic rings. The second-order valence-corrected chi connectivity index (χ2v) is 10.4. The highest BCUT2D eigenvalue weighted by Gasteiger charge is 2.31. The van der Waals surface area contributed by atoms with Crippen molar-refractivity contribution in [2.75, 3.05) is 70.8 Å². The van der Waals surface area contributed by atoms with Crippen molar-refractivity contribution >= 4 is 91.2 Å². The molecular weight excluding hydrogens is 819 g/mol. The van der Waals surface area contributed by atoms with Gasteiger partial charge in [0, 0.05) is 23.6 Å². The maximum Gasteiger partial charge on any atom is 0.253 e. The molecular formula is C21H30I3N3O9. The topological polar surface area (TPSA) is 178 Å². The van der Waals surface area contributed by atoms with Gasteiger partial charge in [-0.3, -0.25) is 14.4 Å². The zero-order valence-corrected chi connectivity index (χ0v) is 26.0. The van der Waals surface area contributed by atoms with Crippen LogP contribution in [0.2, 0.25) is 0 Å². The normalized spacial score (nSPS) is 11.8. The zero-order valence-electron chi connectivity index (χ0n) is 19.6. The molecule has 0 aliphatic rings. The van der Waals surface area contributed by atoms with Crippen LogP contribution in [0.4, 0.5) is 5.69 Å². The minimum Gasteiger partial charge on any atom is -0.394 e. The summed E-state index contributed by atoms with van der Waals surface area (Å²) in [5.74, 6) is -1.45. The van der Waals surface area contributed by atoms with E-state index in [1.165, 1.54) is 11.8 Å². The molecule has 3 amide bonds. The van der Waals surface area contributed by atoms with E-state index >= 15 is 0 Å². The van der Waals surface area contributed by atoms with Gasteiger partial charge in [-0.05, 0) is 67.8 Å². The number of nitrogens with zero attached hydrogens (tertiary/aromatic N) is 1. The summed E-state index contributed by atoms with van der Waals surface area (Å²) in [5.41, 5.74) is 0.598. The lowest BCUT2D eigenvalue weighted by molar-refractivity contribution is -0.117. The van der Waals surface area contributed by atoms with Gasteiger partial charge < -0.3 is 45.4 Å². The van der Waals surface area contributed by atoms with Crippen molar-refractivity contribution in [3.05, 3.63) is 21.8 Å². The molecule has 6 N–H and O–H groups in total. The molecule has 0 radical (unpaired) electrons. The van der Waals surface area contributed by atoms with E-state index in [0.717, 1.165) is 0 Å². The van der Waals surface area contributed by atoms with Crippen LogP contribution in [0, 0.1) is 10.7 Å². The molecule has 1 unspecified atom stereocenters. The molecule has 0 fully saturated rings. The highest BCUT2D eigenvalue weighted by atomic mass is 127. The lowest BCUT2D eigenvalue weighted by atomic mass is 10.1. The minimum atomic E-state index is -1.23. The number of carbonyl (C=O) groups is 3. The second-order valence-electron chi connectivity index (χ2n) is 7.19. The summed E-state index contributed by atoms with van der Waals surface area (Å²) in [6.07, 6.45) is -1.23. The molecule has 0 bridgehead atoms. The number of rotatable bonds is 16. The maximum atomic E-state index is 13.2. The Kier molecular flexibility index (Phi) is 16.8. The van der Waals surface area contributed by atoms with Crippen LogP contribution >= 0.6 is 67.8 Å². The first-order valence-electron chi connectivity index (χ1n) is 10.8. The third-order valence-electron chi connectivity index (χ3n) is 4.54. The SMILES string of the molecule is CC(=O)N(CC(O)CO)c1c(I)c(C(=O)NCCOCCO)c(I)c(C(=O)NCCOCCO)c1I. The van der Waals surface area contributed by atoms with Crippen molar-refractivity contribution in [1.82, 2.24) is 10.6 Å². The van der Waals surface area contributed by atoms with E-state index in [-0.39, 0.29) is 76.1 Å². The molecule has 15 heteroatoms. The lowest BCUT2D eigenvalue weighted by Gasteiger charge is -2.28. The van der Waals surface area contributed by atoms with Gasteiger partial charge in [-0.25, -0.2) is 0 Å². The lowest BCUT2D eigenvalue weighted by Crippen LogP contribution is -2.40. The standard InChI is InChI=1S/C21H30I3N3O9/c1-12(31)27(10-13(32)11-30)19-17(23)14(20(33)25-2-6-35-8-4-28)16(22)15(18(19)24)21(34)26-3-7-36-9-5-29/h13,28-30,32H,2-11H2,1H3,(H,25,33)(H,26,34). The highest BCUT2D eigenvalue weighted by molar-refractivity contribution is 14.1. The summed E-state index contributed by atoms with van der Waals surface area (Å²) < 4.78 is 11.5. The van der Waals surface area contributed by atoms with Gasteiger partial charge in [-0.1, -0.05) is 0 Å². The summed E-state index contributed by atoms with van der Waals surface area (Å²) in [7, 11) is 0. The fourth-order valence-corrected chi connectivity index (χ4v) is 7.64. The number of hydrogen-bond acceptors (Lipinski definition) is 9. The summed E-state index contributed by atoms with van der Waals surface area (Å²) in [6, 6.07) is 0. The average Bonchev–Trinajstić information content (AvgIpc) is 2.82. The minimum absolute atomic E-state index is 0.131. The molecule has 0 spiro atoms. The number of hydrogen-bond donors (Lipinski definition) is 6. The molecule has 0 aliphatic carbocycles. The quantitative estimate of drug-likeness (QED) is 0.0963. The smallest absolute Gasteiger partial charge is 0.253 e. The number of aliphatic hydroxyl groups is 4. The van der Waals surface area contributed by atoms with Crippen molar-refractivity contribution in [3.63, 3.8) is 0 Å². The van der Waals surface area contributed by atoms with Gasteiger partial charge in [0.2, 0.25) is 5.91 Å². The number of amides is 3. The molecule has 1 atom stereocenters. The van der Waals surface area contributed by atoms with Crippen LogP contribution in [0.15, 0.2) is 0 Å². The second kappa shape index (κ2) is 18.0. The molecule has 0 saturated carbocycles. The molecule has 0 aromatic heterocycles. The van der Waals surface area contributed by atoms with Gasteiger partial charge in [0.1, 0.15) is 0 Å². The molecule has 0 heterocycles. The van der Waals surface area contributed by atoms with E-state index in [4.69, 9.17) is 19.7 Å². The van der Waals surface area contributed by atoms with Gasteiger partial charge in [0.25, 0.3) is 11.8 Å². The molecule has 36 heavy (non-hydrogen) atoms. The van der Waals surface area contributed by atoms with Gasteiger partial charge in [0.05, 0.1) is 82.9 Å². The average molecular weight is 849 g/mol. The zero-order chi connectivity index (χ0) is 27.3. The summed E-state index contributed by atoms with van der Waals surface area (Å²) in [4.78, 5) is 40.1. The number of carbonyl (C=O) groups excluding carboxylic acids is 3. The molecule has 1 aromatic carbocycles. The summed E-state index contributed by atoms with van der Waals surface area (Å²) >= 11 is 5.76. The fraction of sp³-hybridized carbons (Fsp3) is 0.571. The van der Waals surface area contributed by atoms with Crippen molar-refractivity contribution in [1.29, 1.82) is 0 Å². The monoisotopic (exact) mass is 849 g/mol. The molecule has 0 aliphatic heterocycles. The van der Waals surface area contributed by atoms with Crippen LogP contribution in [-0.2, 0) is 14.3 Å². The Morgan fingerprint density at radius 3 is 1.64 bits per heavy atom. The van der Waals surface area contributed by atoms with Crippen molar-refractivity contribution in [2.45, 2.75) is 13.0 Å². The van der Waals surface area contributed by atoms with E-state index in [0.29, 0.717) is 10.7 Å². The number of halogens is 3. The predicted octanol–water partition coefficient (Wildman–Crippen LogP) is -0.316. The highest BCUT2D eigenvalue weighted by Crippen LogP contribution is 2.38. The molecule has 204 valence electrons. The van der Waals surface area contributed by atoms with Crippen LogP contribution in [0.25, 0.3) is 0 Å². The Labute approximate surface area is 249 Å². The number of aliphatic hydroxyl groups excluding tert-OH is 4. The Morgan fingerprint density at radius 2 is 1.28 bits per heavy atom. The first kappa shape index (κ1) is 33.6. The van der Waals surface area contributed by atoms with E-state index in [1.54, 1.807) is 0 Å². The largest absolute Gasteiger partial charge is 0.394 e. The van der Waals surface area contributed by atoms with Crippen LogP contribution in [-0.4, -0.2) is 110 Å². The maximum absolute atomic E-state index is 13.2. The number of nitrogens with one attached hydrogen (secondary N) is 2. The number of benzene rings is 1. The van der Waals surface area contributed by atoms with Gasteiger partial charge in [-0.2, -0.15) is 0 Å². The van der Waals surface area contributed by atoms with Gasteiger partial charge in [-0.15, -0.1) is 0 Å².